The zero-order valence-corrected chi connectivity index (χ0v) is 11.2. The number of hydrogen-bond donors (Lipinski definition) is 2. The summed E-state index contributed by atoms with van der Waals surface area (Å²) in [6, 6.07) is 6.91. The summed E-state index contributed by atoms with van der Waals surface area (Å²) in [5, 5.41) is 10.1. The number of anilines is 1. The van der Waals surface area contributed by atoms with Gasteiger partial charge < -0.3 is 5.32 Å². The molecule has 1 aromatic heterocycles. The lowest BCUT2D eigenvalue weighted by Crippen LogP contribution is -2.09. The molecule has 2 aromatic rings. The molecule has 0 radical (unpaired) electrons. The van der Waals surface area contributed by atoms with Crippen LogP contribution in [0.15, 0.2) is 28.7 Å². The van der Waals surface area contributed by atoms with E-state index in [2.05, 4.69) is 31.4 Å². The molecule has 90 valence electrons. The van der Waals surface area contributed by atoms with Gasteiger partial charge in [-0.05, 0) is 32.0 Å². The molecule has 3 nitrogen and oxygen atoms in total. The maximum Gasteiger partial charge on any atom is 0.148 e. The minimum atomic E-state index is -0.270. The summed E-state index contributed by atoms with van der Waals surface area (Å²) in [4.78, 5) is 0. The SMILES string of the molecule is CC(C)Nc1cc(-c2cc(Br)ccc2F)[nH]n1. The number of nitrogens with one attached hydrogen (secondary N) is 2. The summed E-state index contributed by atoms with van der Waals surface area (Å²) < 4.78 is 14.5. The molecule has 0 amide bonds. The first-order chi connectivity index (χ1) is 8.06. The lowest BCUT2D eigenvalue weighted by atomic mass is 10.1. The maximum absolute atomic E-state index is 13.6. The number of H-pyrrole nitrogens is 1. The van der Waals surface area contributed by atoms with Gasteiger partial charge in [0.05, 0.1) is 5.69 Å². The van der Waals surface area contributed by atoms with Crippen LogP contribution in [0.25, 0.3) is 11.3 Å². The van der Waals surface area contributed by atoms with Gasteiger partial charge in [-0.15, -0.1) is 0 Å². The Morgan fingerprint density at radius 2 is 2.12 bits per heavy atom. The Labute approximate surface area is 108 Å². The number of benzene rings is 1. The third kappa shape index (κ3) is 2.85. The third-order valence-corrected chi connectivity index (χ3v) is 2.73. The van der Waals surface area contributed by atoms with Crippen molar-refractivity contribution in [2.45, 2.75) is 19.9 Å². The molecule has 0 atom stereocenters. The Morgan fingerprint density at radius 3 is 2.82 bits per heavy atom. The van der Waals surface area contributed by atoms with Crippen LogP contribution in [0.2, 0.25) is 0 Å². The molecule has 2 N–H and O–H groups in total. The van der Waals surface area contributed by atoms with Crippen LogP contribution in [0.4, 0.5) is 10.2 Å². The fourth-order valence-corrected chi connectivity index (χ4v) is 1.89. The molecule has 0 aliphatic heterocycles. The van der Waals surface area contributed by atoms with Crippen LogP contribution < -0.4 is 5.32 Å². The van der Waals surface area contributed by atoms with E-state index in [4.69, 9.17) is 0 Å². The molecule has 0 saturated heterocycles. The normalized spacial score (nSPS) is 10.9. The lowest BCUT2D eigenvalue weighted by Gasteiger charge is -2.04. The predicted molar refractivity (Wildman–Crippen MR) is 70.4 cm³/mol. The molecular formula is C12H13BrFN3. The van der Waals surface area contributed by atoms with Crippen molar-refractivity contribution in [3.63, 3.8) is 0 Å². The van der Waals surface area contributed by atoms with Crippen LogP contribution in [0, 0.1) is 5.82 Å². The van der Waals surface area contributed by atoms with E-state index < -0.39 is 0 Å². The standard InChI is InChI=1S/C12H13BrFN3/c1-7(2)15-12-6-11(16-17-12)9-5-8(13)3-4-10(9)14/h3-7H,1-2H3,(H2,15,16,17). The van der Waals surface area contributed by atoms with Gasteiger partial charge in [0.25, 0.3) is 0 Å². The quantitative estimate of drug-likeness (QED) is 0.905. The Hall–Kier alpha value is -1.36. The highest BCUT2D eigenvalue weighted by Gasteiger charge is 2.09. The van der Waals surface area contributed by atoms with Crippen LogP contribution in [-0.4, -0.2) is 16.2 Å². The van der Waals surface area contributed by atoms with Gasteiger partial charge in [0, 0.05) is 22.1 Å². The van der Waals surface area contributed by atoms with Crippen molar-refractivity contribution in [2.24, 2.45) is 0 Å². The summed E-state index contributed by atoms with van der Waals surface area (Å²) in [7, 11) is 0. The molecule has 2 rings (SSSR count). The van der Waals surface area contributed by atoms with Crippen LogP contribution in [-0.2, 0) is 0 Å². The molecule has 0 bridgehead atoms. The van der Waals surface area contributed by atoms with Gasteiger partial charge in [-0.2, -0.15) is 5.10 Å². The number of aromatic amines is 1. The van der Waals surface area contributed by atoms with Crippen LogP contribution in [0.3, 0.4) is 0 Å². The number of aromatic nitrogens is 2. The summed E-state index contributed by atoms with van der Waals surface area (Å²) >= 11 is 3.32. The molecule has 0 spiro atoms. The largest absolute Gasteiger partial charge is 0.366 e. The molecule has 0 unspecified atom stereocenters. The molecule has 1 aromatic carbocycles. The first kappa shape index (κ1) is 12.1. The van der Waals surface area contributed by atoms with E-state index in [1.807, 2.05) is 13.8 Å². The van der Waals surface area contributed by atoms with E-state index in [9.17, 15) is 4.39 Å². The van der Waals surface area contributed by atoms with Gasteiger partial charge in [0.1, 0.15) is 11.6 Å². The minimum absolute atomic E-state index is 0.270. The van der Waals surface area contributed by atoms with E-state index in [0.717, 1.165) is 10.3 Å². The topological polar surface area (TPSA) is 40.7 Å². The molecule has 0 fully saturated rings. The molecule has 0 saturated carbocycles. The zero-order valence-electron chi connectivity index (χ0n) is 9.59. The summed E-state index contributed by atoms with van der Waals surface area (Å²) in [5.74, 6) is 0.447. The Kier molecular flexibility index (Phi) is 3.47. The van der Waals surface area contributed by atoms with Crippen molar-refractivity contribution >= 4 is 21.7 Å². The molecular weight excluding hydrogens is 285 g/mol. The predicted octanol–water partition coefficient (Wildman–Crippen LogP) is 3.80. The van der Waals surface area contributed by atoms with Crippen molar-refractivity contribution < 1.29 is 4.39 Å². The first-order valence-electron chi connectivity index (χ1n) is 5.33. The van der Waals surface area contributed by atoms with Gasteiger partial charge in [-0.1, -0.05) is 15.9 Å². The molecule has 5 heteroatoms. The van der Waals surface area contributed by atoms with Gasteiger partial charge in [0.15, 0.2) is 0 Å². The number of halogens is 2. The maximum atomic E-state index is 13.6. The van der Waals surface area contributed by atoms with Crippen LogP contribution in [0.1, 0.15) is 13.8 Å². The minimum Gasteiger partial charge on any atom is -0.366 e. The van der Waals surface area contributed by atoms with Crippen molar-refractivity contribution in [1.82, 2.24) is 10.2 Å². The van der Waals surface area contributed by atoms with Crippen molar-refractivity contribution in [1.29, 1.82) is 0 Å². The summed E-state index contributed by atoms with van der Waals surface area (Å²) in [6.07, 6.45) is 0. The highest BCUT2D eigenvalue weighted by molar-refractivity contribution is 9.10. The molecule has 1 heterocycles. The highest BCUT2D eigenvalue weighted by atomic mass is 79.9. The Morgan fingerprint density at radius 1 is 1.35 bits per heavy atom. The Balaban J connectivity index is 2.33. The molecule has 0 aliphatic carbocycles. The van der Waals surface area contributed by atoms with Crippen molar-refractivity contribution in [3.05, 3.63) is 34.6 Å². The van der Waals surface area contributed by atoms with E-state index in [1.165, 1.54) is 6.07 Å². The number of nitrogens with zero attached hydrogens (tertiary/aromatic N) is 1. The Bertz CT molecular complexity index is 522. The lowest BCUT2D eigenvalue weighted by molar-refractivity contribution is 0.630. The fraction of sp³-hybridized carbons (Fsp3) is 0.250. The zero-order chi connectivity index (χ0) is 12.4. The third-order valence-electron chi connectivity index (χ3n) is 2.23. The fourth-order valence-electron chi connectivity index (χ4n) is 1.53. The van der Waals surface area contributed by atoms with E-state index in [-0.39, 0.29) is 5.82 Å². The average molecular weight is 298 g/mol. The first-order valence-corrected chi connectivity index (χ1v) is 6.13. The summed E-state index contributed by atoms with van der Waals surface area (Å²) in [5.41, 5.74) is 1.16. The highest BCUT2D eigenvalue weighted by Crippen LogP contribution is 2.26. The van der Waals surface area contributed by atoms with E-state index >= 15 is 0 Å². The van der Waals surface area contributed by atoms with Crippen LogP contribution >= 0.6 is 15.9 Å². The van der Waals surface area contributed by atoms with Crippen molar-refractivity contribution in [2.75, 3.05) is 5.32 Å². The van der Waals surface area contributed by atoms with Crippen LogP contribution in [0.5, 0.6) is 0 Å². The second-order valence-corrected chi connectivity index (χ2v) is 5.01. The van der Waals surface area contributed by atoms with Gasteiger partial charge in [-0.3, -0.25) is 5.10 Å². The molecule has 17 heavy (non-hydrogen) atoms. The summed E-state index contributed by atoms with van der Waals surface area (Å²) in [6.45, 7) is 4.04. The number of rotatable bonds is 3. The van der Waals surface area contributed by atoms with Gasteiger partial charge in [-0.25, -0.2) is 4.39 Å². The second kappa shape index (κ2) is 4.87. The molecule has 0 aliphatic rings. The van der Waals surface area contributed by atoms with Gasteiger partial charge in [0.2, 0.25) is 0 Å². The van der Waals surface area contributed by atoms with Gasteiger partial charge >= 0.3 is 0 Å². The monoisotopic (exact) mass is 297 g/mol. The average Bonchev–Trinajstić information content (AvgIpc) is 2.69. The number of hydrogen-bond acceptors (Lipinski definition) is 2. The van der Waals surface area contributed by atoms with E-state index in [1.54, 1.807) is 18.2 Å². The van der Waals surface area contributed by atoms with Crippen molar-refractivity contribution in [3.8, 4) is 11.3 Å². The smallest absolute Gasteiger partial charge is 0.148 e. The second-order valence-electron chi connectivity index (χ2n) is 4.09. The van der Waals surface area contributed by atoms with E-state index in [0.29, 0.717) is 17.3 Å².